The van der Waals surface area contributed by atoms with Crippen molar-refractivity contribution >= 4 is 15.8 Å². The maximum atomic E-state index is 12.1. The van der Waals surface area contributed by atoms with Crippen LogP contribution < -0.4 is 0 Å². The lowest BCUT2D eigenvalue weighted by Crippen LogP contribution is -2.40. The molecule has 0 bridgehead atoms. The summed E-state index contributed by atoms with van der Waals surface area (Å²) in [6, 6.07) is 0. The Morgan fingerprint density at radius 3 is 2.07 bits per heavy atom. The first-order valence-corrected chi connectivity index (χ1v) is 7.02. The molecule has 0 heterocycles. The first-order chi connectivity index (χ1) is 7.01. The molecular formula is C10H16O4S. The first kappa shape index (κ1) is 10.9. The Labute approximate surface area is 89.6 Å². The van der Waals surface area contributed by atoms with Crippen molar-refractivity contribution in [1.29, 1.82) is 0 Å². The van der Waals surface area contributed by atoms with Crippen LogP contribution in [0.1, 0.15) is 44.9 Å². The molecule has 2 rings (SSSR count). The first-order valence-electron chi connectivity index (χ1n) is 5.47. The van der Waals surface area contributed by atoms with Crippen LogP contribution in [0.15, 0.2) is 0 Å². The highest BCUT2D eigenvalue weighted by molar-refractivity contribution is 7.94. The molecule has 0 spiro atoms. The summed E-state index contributed by atoms with van der Waals surface area (Å²) in [5.41, 5.74) is 0. The Morgan fingerprint density at radius 2 is 1.67 bits per heavy atom. The van der Waals surface area contributed by atoms with Crippen LogP contribution in [0.25, 0.3) is 0 Å². The van der Waals surface area contributed by atoms with Gasteiger partial charge in [0.05, 0.1) is 5.25 Å². The van der Waals surface area contributed by atoms with E-state index in [2.05, 4.69) is 0 Å². The van der Waals surface area contributed by atoms with Crippen molar-refractivity contribution in [3.05, 3.63) is 0 Å². The molecule has 0 aliphatic heterocycles. The van der Waals surface area contributed by atoms with E-state index >= 15 is 0 Å². The molecule has 2 saturated carbocycles. The molecule has 15 heavy (non-hydrogen) atoms. The minimum atomic E-state index is -3.45. The minimum Gasteiger partial charge on any atom is -0.480 e. The van der Waals surface area contributed by atoms with Crippen molar-refractivity contribution in [2.45, 2.75) is 54.9 Å². The molecule has 2 fully saturated rings. The van der Waals surface area contributed by atoms with Gasteiger partial charge in [0.1, 0.15) is 0 Å². The number of carboxylic acid groups (broad SMARTS) is 1. The number of rotatable bonds is 3. The third kappa shape index (κ3) is 1.57. The van der Waals surface area contributed by atoms with E-state index < -0.39 is 25.8 Å². The summed E-state index contributed by atoms with van der Waals surface area (Å²) in [6.07, 6.45) is 4.82. The van der Waals surface area contributed by atoms with Crippen molar-refractivity contribution in [3.63, 3.8) is 0 Å². The largest absolute Gasteiger partial charge is 0.480 e. The van der Waals surface area contributed by atoms with Crippen LogP contribution in [-0.2, 0) is 14.6 Å². The zero-order chi connectivity index (χ0) is 11.1. The van der Waals surface area contributed by atoms with E-state index in [-0.39, 0.29) is 0 Å². The van der Waals surface area contributed by atoms with E-state index in [0.717, 1.165) is 19.3 Å². The minimum absolute atomic E-state index is 0.307. The lowest BCUT2D eigenvalue weighted by atomic mass is 10.0. The van der Waals surface area contributed by atoms with Crippen molar-refractivity contribution in [2.75, 3.05) is 0 Å². The summed E-state index contributed by atoms with van der Waals surface area (Å²) in [7, 11) is -3.45. The lowest BCUT2D eigenvalue weighted by Gasteiger charge is -2.24. The number of hydrogen-bond donors (Lipinski definition) is 1. The molecule has 1 N–H and O–H groups in total. The van der Waals surface area contributed by atoms with Crippen LogP contribution in [0.2, 0.25) is 0 Å². The summed E-state index contributed by atoms with van der Waals surface area (Å²) in [5, 5.41) is 8.59. The molecule has 0 aromatic rings. The van der Waals surface area contributed by atoms with Gasteiger partial charge in [-0.15, -0.1) is 0 Å². The van der Waals surface area contributed by atoms with E-state index in [4.69, 9.17) is 5.11 Å². The summed E-state index contributed by atoms with van der Waals surface area (Å²) >= 11 is 0. The predicted molar refractivity (Wildman–Crippen MR) is 55.4 cm³/mol. The van der Waals surface area contributed by atoms with Crippen LogP contribution in [0.5, 0.6) is 0 Å². The molecule has 0 aromatic carbocycles. The van der Waals surface area contributed by atoms with Crippen molar-refractivity contribution in [1.82, 2.24) is 0 Å². The van der Waals surface area contributed by atoms with E-state index in [1.807, 2.05) is 0 Å². The van der Waals surface area contributed by atoms with Crippen LogP contribution in [-0.4, -0.2) is 29.5 Å². The number of carboxylic acids is 1. The maximum Gasteiger partial charge on any atom is 0.325 e. The molecule has 5 heteroatoms. The Morgan fingerprint density at radius 1 is 1.13 bits per heavy atom. The molecule has 86 valence electrons. The highest BCUT2D eigenvalue weighted by Crippen LogP contribution is 2.47. The van der Waals surface area contributed by atoms with Crippen LogP contribution in [0, 0.1) is 0 Å². The van der Waals surface area contributed by atoms with Gasteiger partial charge in [0.2, 0.25) is 0 Å². The number of sulfone groups is 1. The van der Waals surface area contributed by atoms with Crippen molar-refractivity contribution < 1.29 is 18.3 Å². The molecule has 0 saturated heterocycles. The number of aliphatic carboxylic acids is 1. The molecule has 4 nitrogen and oxygen atoms in total. The fourth-order valence-corrected chi connectivity index (χ4v) is 4.93. The normalized spacial score (nSPS) is 26.1. The highest BCUT2D eigenvalue weighted by Gasteiger charge is 2.63. The van der Waals surface area contributed by atoms with Gasteiger partial charge in [0, 0.05) is 0 Å². The molecule has 0 unspecified atom stereocenters. The zero-order valence-electron chi connectivity index (χ0n) is 8.61. The Hall–Kier alpha value is -0.580. The van der Waals surface area contributed by atoms with Crippen LogP contribution in [0.3, 0.4) is 0 Å². The maximum absolute atomic E-state index is 12.1. The second-order valence-electron chi connectivity index (χ2n) is 4.60. The quantitative estimate of drug-likeness (QED) is 0.797. The summed E-state index contributed by atoms with van der Waals surface area (Å²) in [5.74, 6) is -1.15. The molecule has 0 aromatic heterocycles. The second kappa shape index (κ2) is 3.47. The summed E-state index contributed by atoms with van der Waals surface area (Å²) < 4.78 is 22.9. The van der Waals surface area contributed by atoms with Gasteiger partial charge in [-0.1, -0.05) is 19.3 Å². The van der Waals surface area contributed by atoms with Crippen LogP contribution >= 0.6 is 0 Å². The second-order valence-corrected chi connectivity index (χ2v) is 7.14. The van der Waals surface area contributed by atoms with E-state index in [1.165, 1.54) is 0 Å². The monoisotopic (exact) mass is 232 g/mol. The SMILES string of the molecule is O=C(O)C1(S(=O)(=O)C2CCCCC2)CC1. The fraction of sp³-hybridized carbons (Fsp3) is 0.900. The molecule has 0 atom stereocenters. The third-order valence-corrected chi connectivity index (χ3v) is 6.65. The van der Waals surface area contributed by atoms with Gasteiger partial charge in [-0.05, 0) is 25.7 Å². The van der Waals surface area contributed by atoms with E-state index in [9.17, 15) is 13.2 Å². The van der Waals surface area contributed by atoms with Crippen molar-refractivity contribution in [3.8, 4) is 0 Å². The topological polar surface area (TPSA) is 71.4 Å². The number of hydrogen-bond acceptors (Lipinski definition) is 3. The molecule has 0 radical (unpaired) electrons. The average molecular weight is 232 g/mol. The van der Waals surface area contributed by atoms with Crippen molar-refractivity contribution in [2.24, 2.45) is 0 Å². The zero-order valence-corrected chi connectivity index (χ0v) is 9.42. The van der Waals surface area contributed by atoms with Gasteiger partial charge in [-0.2, -0.15) is 0 Å². The van der Waals surface area contributed by atoms with Gasteiger partial charge in [-0.25, -0.2) is 8.42 Å². The Kier molecular flexibility index (Phi) is 2.53. The Balaban J connectivity index is 2.23. The van der Waals surface area contributed by atoms with Gasteiger partial charge in [-0.3, -0.25) is 4.79 Å². The number of carbonyl (C=O) groups is 1. The van der Waals surface area contributed by atoms with Gasteiger partial charge in [0.15, 0.2) is 14.6 Å². The van der Waals surface area contributed by atoms with Gasteiger partial charge in [0.25, 0.3) is 0 Å². The fourth-order valence-electron chi connectivity index (χ4n) is 2.43. The van der Waals surface area contributed by atoms with E-state index in [0.29, 0.717) is 25.7 Å². The molecular weight excluding hydrogens is 216 g/mol. The smallest absolute Gasteiger partial charge is 0.325 e. The predicted octanol–water partition coefficient (Wildman–Crippen LogP) is 1.35. The van der Waals surface area contributed by atoms with Gasteiger partial charge >= 0.3 is 5.97 Å². The third-order valence-electron chi connectivity index (χ3n) is 3.63. The lowest BCUT2D eigenvalue weighted by molar-refractivity contribution is -0.137. The highest BCUT2D eigenvalue weighted by atomic mass is 32.2. The molecule has 2 aliphatic carbocycles. The average Bonchev–Trinajstić information content (AvgIpc) is 3.00. The standard InChI is InChI=1S/C10H16O4S/c11-9(12)10(6-7-10)15(13,14)8-4-2-1-3-5-8/h8H,1-7H2,(H,11,12). The van der Waals surface area contributed by atoms with Crippen LogP contribution in [0.4, 0.5) is 0 Å². The summed E-state index contributed by atoms with van der Waals surface area (Å²) in [6.45, 7) is 0. The summed E-state index contributed by atoms with van der Waals surface area (Å²) in [4.78, 5) is 11.0. The van der Waals surface area contributed by atoms with E-state index in [1.54, 1.807) is 0 Å². The molecule has 0 amide bonds. The van der Waals surface area contributed by atoms with Gasteiger partial charge < -0.3 is 5.11 Å². The Bertz CT molecular complexity index is 361. The molecule has 2 aliphatic rings.